The maximum absolute atomic E-state index is 12.3. The molecule has 1 N–H and O–H groups in total. The molecule has 0 saturated carbocycles. The van der Waals surface area contributed by atoms with Crippen molar-refractivity contribution in [3.63, 3.8) is 0 Å². The summed E-state index contributed by atoms with van der Waals surface area (Å²) in [6.07, 6.45) is -0.205. The van der Waals surface area contributed by atoms with E-state index in [2.05, 4.69) is 0 Å². The number of halogens is 1. The summed E-state index contributed by atoms with van der Waals surface area (Å²) >= 11 is 7.11. The van der Waals surface area contributed by atoms with Crippen LogP contribution in [0.1, 0.15) is 18.6 Å². The van der Waals surface area contributed by atoms with Crippen molar-refractivity contribution in [3.8, 4) is 0 Å². The van der Waals surface area contributed by atoms with Gasteiger partial charge in [-0.15, -0.1) is 11.8 Å². The lowest BCUT2D eigenvalue weighted by Gasteiger charge is -2.38. The van der Waals surface area contributed by atoms with Gasteiger partial charge in [-0.25, -0.2) is 0 Å². The summed E-state index contributed by atoms with van der Waals surface area (Å²) in [4.78, 5) is 24.5. The van der Waals surface area contributed by atoms with Crippen molar-refractivity contribution in [1.29, 1.82) is 0 Å². The van der Waals surface area contributed by atoms with Crippen LogP contribution in [0.15, 0.2) is 24.3 Å². The number of hydrogen-bond acceptors (Lipinski definition) is 4. The molecule has 1 heterocycles. The van der Waals surface area contributed by atoms with Gasteiger partial charge in [0, 0.05) is 5.02 Å². The molecule has 22 heavy (non-hydrogen) atoms. The van der Waals surface area contributed by atoms with Gasteiger partial charge in [-0.05, 0) is 24.6 Å². The van der Waals surface area contributed by atoms with E-state index in [1.165, 1.54) is 0 Å². The highest BCUT2D eigenvalue weighted by Gasteiger charge is 2.30. The number of thioether (sulfide) groups is 1. The Hall–Kier alpha value is -1.24. The van der Waals surface area contributed by atoms with Crippen LogP contribution < -0.4 is 0 Å². The molecule has 1 aromatic carbocycles. The third kappa shape index (κ3) is 4.63. The minimum atomic E-state index is -0.912. The first kappa shape index (κ1) is 17.1. The summed E-state index contributed by atoms with van der Waals surface area (Å²) in [5.41, 5.74) is 0.940. The van der Waals surface area contributed by atoms with E-state index in [0.29, 0.717) is 18.2 Å². The van der Waals surface area contributed by atoms with Gasteiger partial charge in [-0.2, -0.15) is 0 Å². The molecule has 2 atom stereocenters. The van der Waals surface area contributed by atoms with Crippen molar-refractivity contribution < 1.29 is 19.4 Å². The van der Waals surface area contributed by atoms with Crippen molar-refractivity contribution in [2.45, 2.75) is 19.1 Å². The van der Waals surface area contributed by atoms with Crippen LogP contribution >= 0.6 is 23.4 Å². The van der Waals surface area contributed by atoms with E-state index in [0.717, 1.165) is 17.3 Å². The van der Waals surface area contributed by atoms with Crippen LogP contribution in [0.2, 0.25) is 5.02 Å². The summed E-state index contributed by atoms with van der Waals surface area (Å²) in [5, 5.41) is 9.26. The van der Waals surface area contributed by atoms with Gasteiger partial charge in [0.15, 0.2) is 0 Å². The standard InChI is InChI=1S/C15H18ClNO4S/c1-10-7-21-13(11-3-2-4-12(16)5-11)6-17(10)14(18)8-22-9-15(19)20/h2-5,10,13H,6-9H2,1H3,(H,19,20). The number of morpholine rings is 1. The number of nitrogens with zero attached hydrogens (tertiary/aromatic N) is 1. The number of benzene rings is 1. The van der Waals surface area contributed by atoms with E-state index < -0.39 is 5.97 Å². The third-order valence-corrected chi connectivity index (χ3v) is 4.56. The van der Waals surface area contributed by atoms with Crippen molar-refractivity contribution in [3.05, 3.63) is 34.9 Å². The summed E-state index contributed by atoms with van der Waals surface area (Å²) < 4.78 is 5.80. The molecule has 0 aromatic heterocycles. The Balaban J connectivity index is 1.98. The van der Waals surface area contributed by atoms with Crippen LogP contribution in [0.5, 0.6) is 0 Å². The number of carboxylic acids is 1. The molecule has 0 bridgehead atoms. The molecule has 5 nitrogen and oxygen atoms in total. The molecule has 1 aromatic rings. The molecular weight excluding hydrogens is 326 g/mol. The molecule has 0 spiro atoms. The fourth-order valence-corrected chi connectivity index (χ4v) is 3.14. The number of amides is 1. The molecule has 7 heteroatoms. The number of ether oxygens (including phenoxy) is 1. The topological polar surface area (TPSA) is 66.8 Å². The van der Waals surface area contributed by atoms with Crippen LogP contribution in [-0.4, -0.2) is 52.6 Å². The number of carboxylic acid groups (broad SMARTS) is 1. The number of carbonyl (C=O) groups is 2. The first-order valence-corrected chi connectivity index (χ1v) is 8.46. The second-order valence-corrected chi connectivity index (χ2v) is 6.58. The average Bonchev–Trinajstić information content (AvgIpc) is 2.47. The van der Waals surface area contributed by atoms with Gasteiger partial charge >= 0.3 is 5.97 Å². The van der Waals surface area contributed by atoms with E-state index in [4.69, 9.17) is 21.4 Å². The monoisotopic (exact) mass is 343 g/mol. The highest BCUT2D eigenvalue weighted by Crippen LogP contribution is 2.27. The third-order valence-electron chi connectivity index (χ3n) is 3.43. The largest absolute Gasteiger partial charge is 0.481 e. The molecule has 1 amide bonds. The minimum Gasteiger partial charge on any atom is -0.481 e. The lowest BCUT2D eigenvalue weighted by atomic mass is 10.1. The van der Waals surface area contributed by atoms with Crippen LogP contribution in [-0.2, 0) is 14.3 Å². The Labute approximate surface area is 138 Å². The smallest absolute Gasteiger partial charge is 0.313 e. The van der Waals surface area contributed by atoms with Gasteiger partial charge in [-0.1, -0.05) is 23.7 Å². The van der Waals surface area contributed by atoms with Crippen molar-refractivity contribution >= 4 is 35.2 Å². The van der Waals surface area contributed by atoms with Gasteiger partial charge < -0.3 is 14.7 Å². The second kappa shape index (κ2) is 7.85. The predicted molar refractivity (Wildman–Crippen MR) is 86.3 cm³/mol. The molecule has 0 aliphatic carbocycles. The van der Waals surface area contributed by atoms with E-state index in [-0.39, 0.29) is 29.6 Å². The Morgan fingerprint density at radius 2 is 2.23 bits per heavy atom. The number of aliphatic carboxylic acids is 1. The predicted octanol–water partition coefficient (Wildman–Crippen LogP) is 2.45. The van der Waals surface area contributed by atoms with Crippen LogP contribution in [0, 0.1) is 0 Å². The Morgan fingerprint density at radius 3 is 2.91 bits per heavy atom. The molecule has 1 aliphatic heterocycles. The first-order chi connectivity index (χ1) is 10.5. The van der Waals surface area contributed by atoms with E-state index >= 15 is 0 Å². The average molecular weight is 344 g/mol. The minimum absolute atomic E-state index is 0.0200. The number of rotatable bonds is 5. The van der Waals surface area contributed by atoms with E-state index in [1.807, 2.05) is 25.1 Å². The quantitative estimate of drug-likeness (QED) is 0.889. The highest BCUT2D eigenvalue weighted by atomic mass is 35.5. The van der Waals surface area contributed by atoms with Crippen LogP contribution in [0.4, 0.5) is 0 Å². The lowest BCUT2D eigenvalue weighted by molar-refractivity contribution is -0.141. The van der Waals surface area contributed by atoms with Gasteiger partial charge in [0.1, 0.15) is 6.10 Å². The summed E-state index contributed by atoms with van der Waals surface area (Å²) in [6, 6.07) is 7.39. The van der Waals surface area contributed by atoms with E-state index in [1.54, 1.807) is 11.0 Å². The Kier molecular flexibility index (Phi) is 6.11. The zero-order valence-electron chi connectivity index (χ0n) is 12.2. The Morgan fingerprint density at radius 1 is 1.45 bits per heavy atom. The van der Waals surface area contributed by atoms with E-state index in [9.17, 15) is 9.59 Å². The second-order valence-electron chi connectivity index (χ2n) is 5.16. The molecule has 2 unspecified atom stereocenters. The molecule has 120 valence electrons. The maximum atomic E-state index is 12.3. The fourth-order valence-electron chi connectivity index (χ4n) is 2.32. The summed E-state index contributed by atoms with van der Waals surface area (Å²) in [5.74, 6) is -0.875. The first-order valence-electron chi connectivity index (χ1n) is 6.93. The Bertz CT molecular complexity index is 554. The zero-order chi connectivity index (χ0) is 16.1. The SMILES string of the molecule is CC1COC(c2cccc(Cl)c2)CN1C(=O)CSCC(=O)O. The molecular formula is C15H18ClNO4S. The van der Waals surface area contributed by atoms with Crippen LogP contribution in [0.3, 0.4) is 0 Å². The van der Waals surface area contributed by atoms with Crippen LogP contribution in [0.25, 0.3) is 0 Å². The molecule has 0 radical (unpaired) electrons. The fraction of sp³-hybridized carbons (Fsp3) is 0.467. The molecule has 1 fully saturated rings. The molecule has 2 rings (SSSR count). The lowest BCUT2D eigenvalue weighted by Crippen LogP contribution is -2.49. The number of hydrogen-bond donors (Lipinski definition) is 1. The van der Waals surface area contributed by atoms with Gasteiger partial charge in [0.2, 0.25) is 5.91 Å². The highest BCUT2D eigenvalue weighted by molar-refractivity contribution is 8.00. The van der Waals surface area contributed by atoms with Gasteiger partial charge in [-0.3, -0.25) is 9.59 Å². The summed E-state index contributed by atoms with van der Waals surface area (Å²) in [6.45, 7) is 2.83. The maximum Gasteiger partial charge on any atom is 0.313 e. The zero-order valence-corrected chi connectivity index (χ0v) is 13.8. The van der Waals surface area contributed by atoms with Crippen molar-refractivity contribution in [2.75, 3.05) is 24.7 Å². The summed E-state index contributed by atoms with van der Waals surface area (Å²) in [7, 11) is 0. The van der Waals surface area contributed by atoms with Crippen molar-refractivity contribution in [2.24, 2.45) is 0 Å². The number of carbonyl (C=O) groups excluding carboxylic acids is 1. The molecule has 1 aliphatic rings. The van der Waals surface area contributed by atoms with Gasteiger partial charge in [0.25, 0.3) is 0 Å². The molecule has 1 saturated heterocycles. The normalized spacial score (nSPS) is 21.6. The van der Waals surface area contributed by atoms with Gasteiger partial charge in [0.05, 0.1) is 30.7 Å². The van der Waals surface area contributed by atoms with Crippen molar-refractivity contribution in [1.82, 2.24) is 4.90 Å².